The molecule has 0 heterocycles. The zero-order valence-electron chi connectivity index (χ0n) is 18.5. The molecule has 1 atom stereocenters. The molecule has 1 unspecified atom stereocenters. The van der Waals surface area contributed by atoms with Crippen molar-refractivity contribution in [2.75, 3.05) is 0 Å². The van der Waals surface area contributed by atoms with E-state index in [1.165, 1.54) is 92.9 Å². The molecule has 0 saturated heterocycles. The Morgan fingerprint density at radius 2 is 1.03 bits per heavy atom. The van der Waals surface area contributed by atoms with E-state index in [0.29, 0.717) is 5.78 Å². The van der Waals surface area contributed by atoms with Crippen LogP contribution in [0.25, 0.3) is 6.08 Å². The van der Waals surface area contributed by atoms with E-state index in [0.717, 1.165) is 19.3 Å². The summed E-state index contributed by atoms with van der Waals surface area (Å²) < 4.78 is 0. The van der Waals surface area contributed by atoms with Crippen molar-refractivity contribution < 1.29 is 4.79 Å². The van der Waals surface area contributed by atoms with Crippen molar-refractivity contribution in [2.45, 2.75) is 89.9 Å². The van der Waals surface area contributed by atoms with Gasteiger partial charge in [0.05, 0.1) is 0 Å². The normalized spacial score (nSPS) is 24.2. The van der Waals surface area contributed by atoms with Gasteiger partial charge in [-0.1, -0.05) is 11.6 Å². The highest BCUT2D eigenvalue weighted by molar-refractivity contribution is 6.07. The maximum atomic E-state index is 13.9. The van der Waals surface area contributed by atoms with Gasteiger partial charge in [-0.2, -0.15) is 0 Å². The minimum Gasteiger partial charge on any atom is -0.293 e. The summed E-state index contributed by atoms with van der Waals surface area (Å²) >= 11 is 0. The summed E-state index contributed by atoms with van der Waals surface area (Å²) in [5.74, 6) is 0.600. The van der Waals surface area contributed by atoms with Gasteiger partial charge in [0, 0.05) is 11.5 Å². The molecule has 156 valence electrons. The van der Waals surface area contributed by atoms with Gasteiger partial charge in [0.1, 0.15) is 0 Å². The monoisotopic (exact) mass is 406 g/mol. The first kappa shape index (κ1) is 17.4. The number of hydrogen-bond donors (Lipinski definition) is 0. The Hall–Kier alpha value is -2.15. The van der Waals surface area contributed by atoms with Crippen LogP contribution in [0, 0.1) is 5.92 Å². The molecular formula is C30H30O. The fraction of sp³-hybridized carbons (Fsp3) is 0.500. The first-order chi connectivity index (χ1) is 15.3. The van der Waals surface area contributed by atoms with Gasteiger partial charge in [-0.3, -0.25) is 4.79 Å². The second-order valence-corrected chi connectivity index (χ2v) is 11.0. The van der Waals surface area contributed by atoms with Crippen molar-refractivity contribution in [3.8, 4) is 0 Å². The number of carbonyl (C=O) groups is 1. The second kappa shape index (κ2) is 6.00. The van der Waals surface area contributed by atoms with E-state index >= 15 is 0 Å². The van der Waals surface area contributed by atoms with Gasteiger partial charge in [0.2, 0.25) is 0 Å². The highest BCUT2D eigenvalue weighted by Gasteiger charge is 2.42. The van der Waals surface area contributed by atoms with E-state index in [4.69, 9.17) is 0 Å². The van der Waals surface area contributed by atoms with E-state index in [-0.39, 0.29) is 5.92 Å². The van der Waals surface area contributed by atoms with E-state index in [1.807, 2.05) is 0 Å². The number of Topliss-reactive ketones (excluding diaryl/α,β-unsaturated/α-hetero) is 1. The number of carbonyl (C=O) groups excluding carboxylic acids is 1. The molecule has 0 amide bonds. The van der Waals surface area contributed by atoms with Gasteiger partial charge in [0.25, 0.3) is 0 Å². The van der Waals surface area contributed by atoms with E-state index < -0.39 is 0 Å². The molecule has 6 aliphatic rings. The predicted molar refractivity (Wildman–Crippen MR) is 124 cm³/mol. The summed E-state index contributed by atoms with van der Waals surface area (Å²) in [5.41, 5.74) is 20.4. The molecule has 0 spiro atoms. The fourth-order valence-electron chi connectivity index (χ4n) is 8.56. The van der Waals surface area contributed by atoms with Gasteiger partial charge in [0.15, 0.2) is 5.78 Å². The molecule has 0 fully saturated rings. The molecule has 0 aromatic heterocycles. The van der Waals surface area contributed by atoms with Crippen molar-refractivity contribution in [2.24, 2.45) is 5.92 Å². The van der Waals surface area contributed by atoms with Crippen LogP contribution in [0.5, 0.6) is 0 Å². The lowest BCUT2D eigenvalue weighted by Crippen LogP contribution is -2.13. The average molecular weight is 407 g/mol. The molecule has 1 nitrogen and oxygen atoms in total. The van der Waals surface area contributed by atoms with Crippen molar-refractivity contribution in [1.82, 2.24) is 0 Å². The van der Waals surface area contributed by atoms with Crippen molar-refractivity contribution in [3.05, 3.63) is 72.3 Å². The Labute approximate surface area is 184 Å². The molecule has 0 aliphatic heterocycles. The predicted octanol–water partition coefficient (Wildman–Crippen LogP) is 5.64. The summed E-state index contributed by atoms with van der Waals surface area (Å²) in [7, 11) is 0. The lowest BCUT2D eigenvalue weighted by atomic mass is 9.89. The summed E-state index contributed by atoms with van der Waals surface area (Å²) in [5, 5.41) is 0. The lowest BCUT2D eigenvalue weighted by Gasteiger charge is -2.15. The Morgan fingerprint density at radius 3 is 1.71 bits per heavy atom. The molecule has 1 heteroatoms. The second-order valence-electron chi connectivity index (χ2n) is 11.0. The third kappa shape index (κ3) is 2.11. The van der Waals surface area contributed by atoms with Crippen LogP contribution in [0.2, 0.25) is 0 Å². The minimum atomic E-state index is 0.119. The SMILES string of the molecule is O=C1c2c3c(c4c(c2CC1C1=Cc2c5c(c6c(c2C1)CCC6)CCC5)CCC4)CCC3. The zero-order valence-corrected chi connectivity index (χ0v) is 18.5. The third-order valence-corrected chi connectivity index (χ3v) is 9.71. The Kier molecular flexibility index (Phi) is 3.37. The summed E-state index contributed by atoms with van der Waals surface area (Å²) in [4.78, 5) is 13.9. The van der Waals surface area contributed by atoms with Gasteiger partial charge < -0.3 is 0 Å². The van der Waals surface area contributed by atoms with Crippen molar-refractivity contribution in [1.29, 1.82) is 0 Å². The first-order valence-electron chi connectivity index (χ1n) is 12.9. The number of ketones is 1. The van der Waals surface area contributed by atoms with Crippen LogP contribution in [-0.4, -0.2) is 5.78 Å². The molecule has 0 N–H and O–H groups in total. The zero-order chi connectivity index (χ0) is 20.3. The maximum absolute atomic E-state index is 13.9. The highest BCUT2D eigenvalue weighted by Crippen LogP contribution is 2.49. The van der Waals surface area contributed by atoms with Crippen LogP contribution >= 0.6 is 0 Å². The molecule has 0 radical (unpaired) electrons. The maximum Gasteiger partial charge on any atom is 0.170 e. The molecule has 2 aromatic carbocycles. The third-order valence-electron chi connectivity index (χ3n) is 9.71. The first-order valence-corrected chi connectivity index (χ1v) is 12.9. The fourth-order valence-corrected chi connectivity index (χ4v) is 8.56. The molecular weight excluding hydrogens is 376 g/mol. The molecule has 6 aliphatic carbocycles. The Balaban J connectivity index is 1.25. The van der Waals surface area contributed by atoms with Crippen LogP contribution in [0.1, 0.15) is 97.2 Å². The van der Waals surface area contributed by atoms with Crippen LogP contribution < -0.4 is 0 Å². The van der Waals surface area contributed by atoms with Gasteiger partial charge in [-0.15, -0.1) is 0 Å². The van der Waals surface area contributed by atoms with Crippen LogP contribution in [0.15, 0.2) is 5.57 Å². The number of hydrogen-bond acceptors (Lipinski definition) is 1. The lowest BCUT2D eigenvalue weighted by molar-refractivity contribution is 0.0954. The molecule has 0 saturated carbocycles. The van der Waals surface area contributed by atoms with Gasteiger partial charge in [-0.25, -0.2) is 0 Å². The standard InChI is InChI=1S/C30H30O/c31-30-25(15-28-23-11-3-7-19(23)20-8-4-12-24(20)29(28)30)16-13-26-21-9-1-5-17(21)18-6-2-10-22(18)27(26)14-16/h13,25H,1-12,14-15H2. The van der Waals surface area contributed by atoms with E-state index in [2.05, 4.69) is 6.08 Å². The van der Waals surface area contributed by atoms with Crippen LogP contribution in [0.4, 0.5) is 0 Å². The average Bonchev–Trinajstić information content (AvgIpc) is 3.59. The molecule has 8 rings (SSSR count). The Morgan fingerprint density at radius 1 is 0.548 bits per heavy atom. The summed E-state index contributed by atoms with van der Waals surface area (Å²) in [6.07, 6.45) is 19.7. The number of benzene rings is 2. The summed E-state index contributed by atoms with van der Waals surface area (Å²) in [6, 6.07) is 0. The molecule has 0 bridgehead atoms. The smallest absolute Gasteiger partial charge is 0.170 e. The topological polar surface area (TPSA) is 17.1 Å². The number of fused-ring (bicyclic) bond motifs is 12. The Bertz CT molecular complexity index is 1250. The number of rotatable bonds is 1. The van der Waals surface area contributed by atoms with Gasteiger partial charge in [-0.05, 0) is 151 Å². The summed E-state index contributed by atoms with van der Waals surface area (Å²) in [6.45, 7) is 0. The van der Waals surface area contributed by atoms with Gasteiger partial charge >= 0.3 is 0 Å². The quantitative estimate of drug-likeness (QED) is 0.599. The molecule has 31 heavy (non-hydrogen) atoms. The van der Waals surface area contributed by atoms with E-state index in [1.54, 1.807) is 50.1 Å². The van der Waals surface area contributed by atoms with Crippen molar-refractivity contribution >= 4 is 11.9 Å². The van der Waals surface area contributed by atoms with Crippen LogP contribution in [0.3, 0.4) is 0 Å². The minimum absolute atomic E-state index is 0.119. The van der Waals surface area contributed by atoms with E-state index in [9.17, 15) is 4.79 Å². The van der Waals surface area contributed by atoms with Crippen molar-refractivity contribution in [3.63, 3.8) is 0 Å². The number of allylic oxidation sites excluding steroid dienone is 1. The largest absolute Gasteiger partial charge is 0.293 e. The molecule has 2 aromatic rings. The van der Waals surface area contributed by atoms with Crippen LogP contribution in [-0.2, 0) is 64.2 Å². The highest BCUT2D eigenvalue weighted by atomic mass is 16.1.